The Kier molecular flexibility index (Phi) is 2.16. The molecule has 0 aromatic rings. The molecule has 2 rings (SSSR count). The number of hydrogen-bond donors (Lipinski definition) is 2. The van der Waals surface area contributed by atoms with E-state index in [1.807, 2.05) is 13.8 Å². The van der Waals surface area contributed by atoms with Crippen molar-refractivity contribution >= 4 is 6.09 Å². The van der Waals surface area contributed by atoms with Gasteiger partial charge in [0.25, 0.3) is 0 Å². The van der Waals surface area contributed by atoms with Crippen molar-refractivity contribution in [3.05, 3.63) is 0 Å². The molecule has 2 saturated heterocycles. The summed E-state index contributed by atoms with van der Waals surface area (Å²) in [5, 5.41) is 12.2. The first-order valence-electron chi connectivity index (χ1n) is 4.87. The Balaban J connectivity index is 2.02. The van der Waals surface area contributed by atoms with Crippen LogP contribution in [-0.2, 0) is 4.74 Å². The fourth-order valence-electron chi connectivity index (χ4n) is 2.16. The van der Waals surface area contributed by atoms with E-state index < -0.39 is 6.09 Å². The van der Waals surface area contributed by atoms with Gasteiger partial charge in [-0.2, -0.15) is 0 Å². The van der Waals surface area contributed by atoms with Crippen molar-refractivity contribution in [1.29, 1.82) is 0 Å². The van der Waals surface area contributed by atoms with Gasteiger partial charge in [-0.25, -0.2) is 4.79 Å². The second kappa shape index (κ2) is 3.10. The summed E-state index contributed by atoms with van der Waals surface area (Å²) in [4.78, 5) is 12.2. The summed E-state index contributed by atoms with van der Waals surface area (Å²) in [5.41, 5.74) is -0.324. The minimum atomic E-state index is -0.834. The SMILES string of the molecule is CC1(C)N[C@@H]2CN(C(=O)O)C[C@@H]2CO1. The van der Waals surface area contributed by atoms with Gasteiger partial charge in [0.15, 0.2) is 0 Å². The van der Waals surface area contributed by atoms with E-state index in [4.69, 9.17) is 9.84 Å². The lowest BCUT2D eigenvalue weighted by Gasteiger charge is -2.38. The average molecular weight is 200 g/mol. The highest BCUT2D eigenvalue weighted by Crippen LogP contribution is 2.25. The molecule has 2 heterocycles. The maximum atomic E-state index is 10.8. The molecule has 0 aromatic heterocycles. The fraction of sp³-hybridized carbons (Fsp3) is 0.889. The Hall–Kier alpha value is -0.810. The zero-order valence-electron chi connectivity index (χ0n) is 8.49. The lowest BCUT2D eigenvalue weighted by atomic mass is 10.0. The Bertz CT molecular complexity index is 254. The van der Waals surface area contributed by atoms with Crippen LogP contribution in [0.4, 0.5) is 4.79 Å². The van der Waals surface area contributed by atoms with Crippen LogP contribution in [0.25, 0.3) is 0 Å². The first-order valence-corrected chi connectivity index (χ1v) is 4.87. The summed E-state index contributed by atoms with van der Waals surface area (Å²) >= 11 is 0. The smallest absolute Gasteiger partial charge is 0.407 e. The van der Waals surface area contributed by atoms with Crippen LogP contribution < -0.4 is 5.32 Å². The number of likely N-dealkylation sites (tertiary alicyclic amines) is 1. The Morgan fingerprint density at radius 3 is 2.93 bits per heavy atom. The average Bonchev–Trinajstić information content (AvgIpc) is 2.45. The van der Waals surface area contributed by atoms with Crippen LogP contribution in [0.5, 0.6) is 0 Å². The minimum Gasteiger partial charge on any atom is -0.465 e. The van der Waals surface area contributed by atoms with Crippen molar-refractivity contribution in [2.45, 2.75) is 25.6 Å². The highest BCUT2D eigenvalue weighted by atomic mass is 16.5. The molecule has 2 atom stereocenters. The van der Waals surface area contributed by atoms with E-state index in [-0.39, 0.29) is 11.8 Å². The van der Waals surface area contributed by atoms with Crippen LogP contribution in [0.15, 0.2) is 0 Å². The second-order valence-corrected chi connectivity index (χ2v) is 4.52. The van der Waals surface area contributed by atoms with E-state index >= 15 is 0 Å². The molecule has 5 heteroatoms. The van der Waals surface area contributed by atoms with Gasteiger partial charge in [0.05, 0.1) is 6.61 Å². The molecule has 0 unspecified atom stereocenters. The maximum Gasteiger partial charge on any atom is 0.407 e. The van der Waals surface area contributed by atoms with Gasteiger partial charge in [-0.05, 0) is 13.8 Å². The third kappa shape index (κ3) is 1.69. The molecule has 0 spiro atoms. The molecule has 80 valence electrons. The molecule has 2 aliphatic rings. The summed E-state index contributed by atoms with van der Waals surface area (Å²) < 4.78 is 5.58. The number of ether oxygens (including phenoxy) is 1. The largest absolute Gasteiger partial charge is 0.465 e. The second-order valence-electron chi connectivity index (χ2n) is 4.52. The summed E-state index contributed by atoms with van der Waals surface area (Å²) in [6.07, 6.45) is -0.834. The lowest BCUT2D eigenvalue weighted by molar-refractivity contribution is -0.101. The standard InChI is InChI=1S/C9H16N2O3/c1-9(2)10-7-4-11(8(12)13)3-6(7)5-14-9/h6-7,10H,3-5H2,1-2H3,(H,12,13)/t6-,7-/m1/s1. The molecular formula is C9H16N2O3. The zero-order valence-corrected chi connectivity index (χ0v) is 8.49. The highest BCUT2D eigenvalue weighted by Gasteiger charge is 2.42. The molecule has 5 nitrogen and oxygen atoms in total. The number of rotatable bonds is 0. The normalized spacial score (nSPS) is 35.4. The maximum absolute atomic E-state index is 10.8. The number of hydrogen-bond acceptors (Lipinski definition) is 3. The van der Waals surface area contributed by atoms with Gasteiger partial charge in [-0.1, -0.05) is 0 Å². The topological polar surface area (TPSA) is 61.8 Å². The van der Waals surface area contributed by atoms with Crippen molar-refractivity contribution in [2.24, 2.45) is 5.92 Å². The van der Waals surface area contributed by atoms with Crippen LogP contribution in [-0.4, -0.2) is 47.6 Å². The van der Waals surface area contributed by atoms with E-state index in [1.165, 1.54) is 4.90 Å². The van der Waals surface area contributed by atoms with Gasteiger partial charge in [0.1, 0.15) is 5.72 Å². The predicted octanol–water partition coefficient (Wildman–Crippen LogP) is 0.321. The molecule has 0 aromatic carbocycles. The Morgan fingerprint density at radius 1 is 1.57 bits per heavy atom. The van der Waals surface area contributed by atoms with Crippen molar-refractivity contribution < 1.29 is 14.6 Å². The Labute approximate surface area is 83.0 Å². The van der Waals surface area contributed by atoms with Crippen molar-refractivity contribution in [3.8, 4) is 0 Å². The van der Waals surface area contributed by atoms with Crippen molar-refractivity contribution in [2.75, 3.05) is 19.7 Å². The van der Waals surface area contributed by atoms with E-state index in [0.29, 0.717) is 25.6 Å². The molecule has 2 fully saturated rings. The first-order chi connectivity index (χ1) is 6.48. The molecule has 2 N–H and O–H groups in total. The monoisotopic (exact) mass is 200 g/mol. The van der Waals surface area contributed by atoms with Crippen LogP contribution in [0.3, 0.4) is 0 Å². The molecule has 0 bridgehead atoms. The third-order valence-corrected chi connectivity index (χ3v) is 2.90. The van der Waals surface area contributed by atoms with E-state index in [0.717, 1.165) is 0 Å². The zero-order chi connectivity index (χ0) is 10.3. The minimum absolute atomic E-state index is 0.245. The predicted molar refractivity (Wildman–Crippen MR) is 50.0 cm³/mol. The molecular weight excluding hydrogens is 184 g/mol. The van der Waals surface area contributed by atoms with E-state index in [1.54, 1.807) is 0 Å². The fourth-order valence-corrected chi connectivity index (χ4v) is 2.16. The van der Waals surface area contributed by atoms with Gasteiger partial charge in [0.2, 0.25) is 0 Å². The third-order valence-electron chi connectivity index (χ3n) is 2.90. The first kappa shape index (κ1) is 9.73. The number of carboxylic acid groups (broad SMARTS) is 1. The van der Waals surface area contributed by atoms with E-state index in [2.05, 4.69) is 5.32 Å². The van der Waals surface area contributed by atoms with Gasteiger partial charge >= 0.3 is 6.09 Å². The van der Waals surface area contributed by atoms with Gasteiger partial charge < -0.3 is 14.7 Å². The van der Waals surface area contributed by atoms with Gasteiger partial charge in [-0.15, -0.1) is 0 Å². The van der Waals surface area contributed by atoms with Crippen LogP contribution in [0.1, 0.15) is 13.8 Å². The molecule has 1 amide bonds. The van der Waals surface area contributed by atoms with Crippen molar-refractivity contribution in [3.63, 3.8) is 0 Å². The number of fused-ring (bicyclic) bond motifs is 1. The van der Waals surface area contributed by atoms with Gasteiger partial charge in [0, 0.05) is 25.0 Å². The molecule has 0 radical (unpaired) electrons. The number of nitrogens with one attached hydrogen (secondary N) is 1. The highest BCUT2D eigenvalue weighted by molar-refractivity contribution is 5.65. The molecule has 0 aliphatic carbocycles. The lowest BCUT2D eigenvalue weighted by Crippen LogP contribution is -2.56. The number of carbonyl (C=O) groups is 1. The summed E-state index contributed by atoms with van der Waals surface area (Å²) in [7, 11) is 0. The van der Waals surface area contributed by atoms with Crippen LogP contribution >= 0.6 is 0 Å². The Morgan fingerprint density at radius 2 is 2.29 bits per heavy atom. The van der Waals surface area contributed by atoms with E-state index in [9.17, 15) is 4.79 Å². The van der Waals surface area contributed by atoms with Crippen LogP contribution in [0.2, 0.25) is 0 Å². The summed E-state index contributed by atoms with van der Waals surface area (Å²) in [6.45, 7) is 5.74. The molecule has 14 heavy (non-hydrogen) atoms. The van der Waals surface area contributed by atoms with Crippen molar-refractivity contribution in [1.82, 2.24) is 10.2 Å². The van der Waals surface area contributed by atoms with Crippen LogP contribution in [0, 0.1) is 5.92 Å². The molecule has 2 aliphatic heterocycles. The summed E-state index contributed by atoms with van der Waals surface area (Å²) in [5.74, 6) is 0.305. The number of nitrogens with zero attached hydrogens (tertiary/aromatic N) is 1. The summed E-state index contributed by atoms with van der Waals surface area (Å²) in [6, 6.07) is 0.245. The molecule has 0 saturated carbocycles. The quantitative estimate of drug-likeness (QED) is 0.591. The van der Waals surface area contributed by atoms with Gasteiger partial charge in [-0.3, -0.25) is 5.32 Å². The number of amides is 1.